The molecule has 0 aliphatic carbocycles. The van der Waals surface area contributed by atoms with E-state index in [4.69, 9.17) is 28.7 Å². The van der Waals surface area contributed by atoms with E-state index in [2.05, 4.69) is 35.6 Å². The van der Waals surface area contributed by atoms with Gasteiger partial charge < -0.3 is 29.0 Å². The molecule has 0 atom stereocenters. The Morgan fingerprint density at radius 2 is 0.943 bits per heavy atom. The third-order valence-electron chi connectivity index (χ3n) is 9.85. The maximum Gasteiger partial charge on any atom is 0.414 e. The van der Waals surface area contributed by atoms with Gasteiger partial charge in [-0.1, -0.05) is 0 Å². The molecule has 0 saturated heterocycles. The quantitative estimate of drug-likeness (QED) is 0.139. The predicted molar refractivity (Wildman–Crippen MR) is 282 cm³/mol. The zero-order valence-electron chi connectivity index (χ0n) is 40.6. The second kappa shape index (κ2) is 21.9. The Balaban J connectivity index is 0.000000157. The summed E-state index contributed by atoms with van der Waals surface area (Å²) in [7, 11) is 8.50. The summed E-state index contributed by atoms with van der Waals surface area (Å²) in [5.74, 6) is 2.42. The van der Waals surface area contributed by atoms with Crippen molar-refractivity contribution in [3.8, 4) is 49.0 Å². The number of benzene rings is 3. The van der Waals surface area contributed by atoms with Crippen LogP contribution in [-0.2, 0) is 9.47 Å². The Morgan fingerprint density at radius 1 is 0.543 bits per heavy atom. The first-order valence-electron chi connectivity index (χ1n) is 21.8. The summed E-state index contributed by atoms with van der Waals surface area (Å²) in [5, 5.41) is 8.47. The molecule has 16 nitrogen and oxygen atoms in total. The first-order valence-corrected chi connectivity index (χ1v) is 24.2. The van der Waals surface area contributed by atoms with Gasteiger partial charge in [0.1, 0.15) is 43.5 Å². The fourth-order valence-corrected chi connectivity index (χ4v) is 9.67. The highest BCUT2D eigenvalue weighted by atomic mass is 32.1. The highest BCUT2D eigenvalue weighted by molar-refractivity contribution is 7.22. The Bertz CT molecular complexity index is 3270. The van der Waals surface area contributed by atoms with Crippen LogP contribution in [0.2, 0.25) is 0 Å². The molecule has 0 saturated carbocycles. The van der Waals surface area contributed by atoms with E-state index in [1.165, 1.54) is 27.6 Å². The summed E-state index contributed by atoms with van der Waals surface area (Å²) in [6.07, 6.45) is 9.22. The van der Waals surface area contributed by atoms with Crippen molar-refractivity contribution in [3.63, 3.8) is 0 Å². The summed E-state index contributed by atoms with van der Waals surface area (Å²) >= 11 is 4.71. The number of aromatic nitrogens is 6. The minimum Gasteiger partial charge on any atom is -0.497 e. The van der Waals surface area contributed by atoms with Gasteiger partial charge in [0.25, 0.3) is 0 Å². The number of nitrogens with zero attached hydrogens (tertiary/aromatic N) is 7. The lowest BCUT2D eigenvalue weighted by Crippen LogP contribution is -2.34. The highest BCUT2D eigenvalue weighted by Crippen LogP contribution is 2.39. The van der Waals surface area contributed by atoms with Gasteiger partial charge >= 0.3 is 12.2 Å². The molecule has 0 radical (unpaired) electrons. The molecule has 0 aliphatic heterocycles. The number of nitrogens with one attached hydrogen (secondary N) is 2. The average molecular weight is 1000 g/mol. The molecule has 2 N–H and O–H groups in total. The van der Waals surface area contributed by atoms with Gasteiger partial charge in [0.05, 0.1) is 87.6 Å². The average Bonchev–Trinajstić information content (AvgIpc) is 4.09. The van der Waals surface area contributed by atoms with Crippen LogP contribution in [0.25, 0.3) is 62.4 Å². The minimum absolute atomic E-state index is 0.436. The first-order chi connectivity index (χ1) is 33.4. The van der Waals surface area contributed by atoms with Crippen molar-refractivity contribution in [3.05, 3.63) is 110 Å². The fraction of sp³-hybridized carbons (Fsp3) is 0.255. The Labute approximate surface area is 417 Å². The molecule has 6 aromatic heterocycles. The van der Waals surface area contributed by atoms with Gasteiger partial charge in [-0.15, -0.1) is 34.0 Å². The number of thiazole rings is 3. The predicted octanol–water partition coefficient (Wildman–Crippen LogP) is 12.9. The monoisotopic (exact) mass is 999 g/mol. The molecular weight excluding hydrogens is 947 g/mol. The molecule has 0 spiro atoms. The molecule has 9 aromatic rings. The zero-order chi connectivity index (χ0) is 50.2. The number of anilines is 3. The molecule has 0 aliphatic rings. The van der Waals surface area contributed by atoms with Crippen molar-refractivity contribution in [1.82, 2.24) is 29.9 Å². The topological polar surface area (TPSA) is 185 Å². The van der Waals surface area contributed by atoms with Gasteiger partial charge in [-0.3, -0.25) is 25.2 Å². The van der Waals surface area contributed by atoms with Crippen LogP contribution in [-0.4, -0.2) is 88.7 Å². The molecule has 19 heteroatoms. The number of fused-ring (bicyclic) bond motifs is 3. The molecule has 9 rings (SSSR count). The Kier molecular flexibility index (Phi) is 15.7. The summed E-state index contributed by atoms with van der Waals surface area (Å²) < 4.78 is 29.7. The van der Waals surface area contributed by atoms with Crippen molar-refractivity contribution in [2.45, 2.75) is 52.7 Å². The molecule has 362 valence electrons. The molecule has 0 unspecified atom stereocenters. The van der Waals surface area contributed by atoms with Crippen LogP contribution >= 0.6 is 34.0 Å². The normalized spacial score (nSPS) is 11.2. The molecule has 70 heavy (non-hydrogen) atoms. The van der Waals surface area contributed by atoms with Crippen LogP contribution in [0.1, 0.15) is 41.5 Å². The van der Waals surface area contributed by atoms with Crippen molar-refractivity contribution < 1.29 is 33.3 Å². The lowest BCUT2D eigenvalue weighted by atomic mass is 10.2. The van der Waals surface area contributed by atoms with Crippen LogP contribution in [0.15, 0.2) is 110 Å². The van der Waals surface area contributed by atoms with Gasteiger partial charge in [0.15, 0.2) is 0 Å². The van der Waals surface area contributed by atoms with Crippen molar-refractivity contribution in [1.29, 1.82) is 0 Å². The first kappa shape index (κ1) is 50.4. The van der Waals surface area contributed by atoms with Gasteiger partial charge in [0.2, 0.25) is 0 Å². The van der Waals surface area contributed by atoms with E-state index >= 15 is 0 Å². The molecule has 6 heterocycles. The molecule has 0 bridgehead atoms. The molecule has 2 amide bonds. The van der Waals surface area contributed by atoms with Crippen molar-refractivity contribution in [2.75, 3.05) is 51.0 Å². The number of hydrogen-bond donors (Lipinski definition) is 2. The number of pyridine rings is 3. The number of hydrogen-bond acceptors (Lipinski definition) is 17. The van der Waals surface area contributed by atoms with E-state index in [-0.39, 0.29) is 0 Å². The van der Waals surface area contributed by atoms with Crippen LogP contribution in [0.5, 0.6) is 17.2 Å². The third-order valence-corrected chi connectivity index (χ3v) is 13.0. The standard InChI is InChI=1S/C19H21N3O3S.C18H19N3O3S.C14H13N3OS/c1-19(2,3)25-18(23)22(4)15-11-20-9-8-13(15)17-21-14-7-6-12(24-5)10-16(14)26-17;1-18(2,3)24-17(22)21-14-10-19-8-7-12(14)16-20-13-6-5-11(23-4)9-15(13)25-16;1-15-12-8-16-6-5-10(12)14-17-11-4-3-9(18-2)7-13(11)19-14/h6-11H,1-5H3;5-10H,1-4H3,(H,21,22);3-8,15H,1-2H3. The van der Waals surface area contributed by atoms with Crippen LogP contribution in [0.3, 0.4) is 0 Å². The van der Waals surface area contributed by atoms with Crippen molar-refractivity contribution >= 4 is 93.9 Å². The number of methoxy groups -OCH3 is 3. The van der Waals surface area contributed by atoms with Crippen molar-refractivity contribution in [2.24, 2.45) is 0 Å². The van der Waals surface area contributed by atoms with Gasteiger partial charge in [0, 0.05) is 49.4 Å². The maximum atomic E-state index is 12.4. The summed E-state index contributed by atoms with van der Waals surface area (Å²) in [4.78, 5) is 52.3. The summed E-state index contributed by atoms with van der Waals surface area (Å²) in [6.45, 7) is 11.0. The molecule has 0 fully saturated rings. The van der Waals surface area contributed by atoms with E-state index in [1.807, 2.05) is 128 Å². The smallest absolute Gasteiger partial charge is 0.414 e. The van der Waals surface area contributed by atoms with Gasteiger partial charge in [-0.05, 0) is 114 Å². The summed E-state index contributed by atoms with van der Waals surface area (Å²) in [6, 6.07) is 23.1. The number of ether oxygens (including phenoxy) is 5. The Morgan fingerprint density at radius 3 is 1.37 bits per heavy atom. The van der Waals surface area contributed by atoms with Crippen LogP contribution in [0.4, 0.5) is 26.7 Å². The minimum atomic E-state index is -0.571. The third kappa shape index (κ3) is 12.6. The van der Waals surface area contributed by atoms with E-state index in [0.29, 0.717) is 11.4 Å². The van der Waals surface area contributed by atoms with Gasteiger partial charge in [-0.2, -0.15) is 0 Å². The number of carbonyl (C=O) groups excluding carboxylic acids is 2. The SMILES string of the molecule is CNc1cnccc1-c1nc2ccc(OC)cc2s1.COc1ccc2nc(-c3ccncc3N(C)C(=O)OC(C)(C)C)sc2c1.COc1ccc2nc(-c3ccncc3NC(=O)OC(C)(C)C)sc2c1. The summed E-state index contributed by atoms with van der Waals surface area (Å²) in [5.41, 5.74) is 6.48. The number of carbonyl (C=O) groups is 2. The molecule has 3 aromatic carbocycles. The number of amides is 2. The van der Waals surface area contributed by atoms with Crippen LogP contribution in [0, 0.1) is 0 Å². The highest BCUT2D eigenvalue weighted by Gasteiger charge is 2.24. The molecular formula is C51H53N9O7S3. The van der Waals surface area contributed by atoms with E-state index in [0.717, 1.165) is 85.3 Å². The lowest BCUT2D eigenvalue weighted by molar-refractivity contribution is 0.0587. The Hall–Kier alpha value is -7.48. The van der Waals surface area contributed by atoms with Crippen LogP contribution < -0.4 is 29.7 Å². The largest absolute Gasteiger partial charge is 0.497 e. The maximum absolute atomic E-state index is 12.4. The second-order valence-corrected chi connectivity index (χ2v) is 20.3. The zero-order valence-corrected chi connectivity index (χ0v) is 43.1. The van der Waals surface area contributed by atoms with E-state index in [1.54, 1.807) is 70.7 Å². The second-order valence-electron chi connectivity index (χ2n) is 17.2. The lowest BCUT2D eigenvalue weighted by Gasteiger charge is -2.25. The van der Waals surface area contributed by atoms with Gasteiger partial charge in [-0.25, -0.2) is 24.5 Å². The van der Waals surface area contributed by atoms with E-state index < -0.39 is 23.4 Å². The number of rotatable bonds is 9. The van der Waals surface area contributed by atoms with E-state index in [9.17, 15) is 9.59 Å². The fourth-order valence-electron chi connectivity index (χ4n) is 6.58.